The molecule has 0 radical (unpaired) electrons. The van der Waals surface area contributed by atoms with Crippen molar-refractivity contribution in [3.05, 3.63) is 35.4 Å². The SMILES string of the molecule is O=C(O)CC(=O)CCN1C(=O)c2ccccc2C1=O. The molecule has 1 aliphatic rings. The van der Waals surface area contributed by atoms with Gasteiger partial charge in [-0.2, -0.15) is 0 Å². The summed E-state index contributed by atoms with van der Waals surface area (Å²) in [5.74, 6) is -2.61. The van der Waals surface area contributed by atoms with E-state index in [0.29, 0.717) is 11.1 Å². The summed E-state index contributed by atoms with van der Waals surface area (Å²) in [5, 5.41) is 8.45. The summed E-state index contributed by atoms with van der Waals surface area (Å²) in [5.41, 5.74) is 0.636. The number of nitrogens with zero attached hydrogens (tertiary/aromatic N) is 1. The number of ketones is 1. The monoisotopic (exact) mass is 261 g/mol. The van der Waals surface area contributed by atoms with Crippen LogP contribution in [-0.4, -0.2) is 40.1 Å². The van der Waals surface area contributed by atoms with E-state index in [0.717, 1.165) is 4.90 Å². The van der Waals surface area contributed by atoms with Crippen LogP contribution in [0.1, 0.15) is 33.6 Å². The molecule has 0 unspecified atom stereocenters. The molecule has 0 bridgehead atoms. The molecule has 6 nitrogen and oxygen atoms in total. The highest BCUT2D eigenvalue weighted by molar-refractivity contribution is 6.21. The molecular weight excluding hydrogens is 250 g/mol. The lowest BCUT2D eigenvalue weighted by atomic mass is 10.1. The van der Waals surface area contributed by atoms with Crippen LogP contribution in [0.25, 0.3) is 0 Å². The number of hydrogen-bond donors (Lipinski definition) is 1. The highest BCUT2D eigenvalue weighted by Gasteiger charge is 2.34. The van der Waals surface area contributed by atoms with E-state index in [9.17, 15) is 19.2 Å². The minimum Gasteiger partial charge on any atom is -0.481 e. The van der Waals surface area contributed by atoms with Gasteiger partial charge in [0.1, 0.15) is 12.2 Å². The molecule has 0 spiro atoms. The van der Waals surface area contributed by atoms with Crippen molar-refractivity contribution in [2.75, 3.05) is 6.54 Å². The average Bonchev–Trinajstić information content (AvgIpc) is 2.60. The van der Waals surface area contributed by atoms with Crippen molar-refractivity contribution in [2.45, 2.75) is 12.8 Å². The van der Waals surface area contributed by atoms with Gasteiger partial charge in [-0.25, -0.2) is 0 Å². The fraction of sp³-hybridized carbons (Fsp3) is 0.231. The lowest BCUT2D eigenvalue weighted by Crippen LogP contribution is -2.32. The summed E-state index contributed by atoms with van der Waals surface area (Å²) in [6.45, 7) is -0.0849. The Balaban J connectivity index is 2.05. The molecule has 2 rings (SSSR count). The second-order valence-corrected chi connectivity index (χ2v) is 4.17. The molecule has 0 saturated heterocycles. The Hall–Kier alpha value is -2.50. The first-order valence-electron chi connectivity index (χ1n) is 5.69. The highest BCUT2D eigenvalue weighted by atomic mass is 16.4. The number of amides is 2. The molecule has 1 aromatic rings. The van der Waals surface area contributed by atoms with E-state index in [4.69, 9.17) is 5.11 Å². The highest BCUT2D eigenvalue weighted by Crippen LogP contribution is 2.22. The summed E-state index contributed by atoms with van der Waals surface area (Å²) in [6.07, 6.45) is -0.735. The predicted molar refractivity (Wildman–Crippen MR) is 63.7 cm³/mol. The number of carbonyl (C=O) groups is 4. The number of carboxylic acids is 1. The van der Waals surface area contributed by atoms with Gasteiger partial charge in [-0.1, -0.05) is 12.1 Å². The maximum absolute atomic E-state index is 11.9. The van der Waals surface area contributed by atoms with Crippen LogP contribution < -0.4 is 0 Å². The average molecular weight is 261 g/mol. The van der Waals surface area contributed by atoms with E-state index in [1.165, 1.54) is 0 Å². The predicted octanol–water partition coefficient (Wildman–Crippen LogP) is 0.716. The molecule has 2 amide bonds. The quantitative estimate of drug-likeness (QED) is 0.622. The third-order valence-corrected chi connectivity index (χ3v) is 2.84. The van der Waals surface area contributed by atoms with Crippen molar-refractivity contribution in [3.8, 4) is 0 Å². The van der Waals surface area contributed by atoms with Crippen molar-refractivity contribution in [1.29, 1.82) is 0 Å². The van der Waals surface area contributed by atoms with Crippen molar-refractivity contribution < 1.29 is 24.3 Å². The Labute approximate surface area is 108 Å². The van der Waals surface area contributed by atoms with Gasteiger partial charge in [-0.05, 0) is 12.1 Å². The fourth-order valence-electron chi connectivity index (χ4n) is 1.94. The van der Waals surface area contributed by atoms with Crippen molar-refractivity contribution in [1.82, 2.24) is 4.90 Å². The van der Waals surface area contributed by atoms with Gasteiger partial charge in [0.2, 0.25) is 0 Å². The first kappa shape index (κ1) is 12.9. The zero-order valence-corrected chi connectivity index (χ0v) is 9.96. The number of fused-ring (bicyclic) bond motifs is 1. The van der Waals surface area contributed by atoms with Gasteiger partial charge < -0.3 is 5.11 Å². The van der Waals surface area contributed by atoms with Gasteiger partial charge >= 0.3 is 5.97 Å². The zero-order chi connectivity index (χ0) is 14.0. The Bertz CT molecular complexity index is 543. The Morgan fingerprint density at radius 1 is 1.05 bits per heavy atom. The maximum atomic E-state index is 11.9. The van der Waals surface area contributed by atoms with Crippen molar-refractivity contribution in [3.63, 3.8) is 0 Å². The number of carbonyl (C=O) groups excluding carboxylic acids is 3. The van der Waals surface area contributed by atoms with Gasteiger partial charge in [0.25, 0.3) is 11.8 Å². The number of aliphatic carboxylic acids is 1. The minimum absolute atomic E-state index is 0.0849. The first-order valence-corrected chi connectivity index (χ1v) is 5.69. The molecule has 1 aromatic carbocycles. The summed E-state index contributed by atoms with van der Waals surface area (Å²) < 4.78 is 0. The third kappa shape index (κ3) is 2.52. The van der Waals surface area contributed by atoms with E-state index in [1.807, 2.05) is 0 Å². The molecule has 1 N–H and O–H groups in total. The number of hydrogen-bond acceptors (Lipinski definition) is 4. The summed E-state index contributed by atoms with van der Waals surface area (Å²) in [4.78, 5) is 46.4. The summed E-state index contributed by atoms with van der Waals surface area (Å²) in [7, 11) is 0. The maximum Gasteiger partial charge on any atom is 0.310 e. The molecule has 0 fully saturated rings. The van der Waals surface area contributed by atoms with Gasteiger partial charge in [0, 0.05) is 13.0 Å². The fourth-order valence-corrected chi connectivity index (χ4v) is 1.94. The molecule has 6 heteroatoms. The molecule has 1 heterocycles. The minimum atomic E-state index is -1.22. The lowest BCUT2D eigenvalue weighted by molar-refractivity contribution is -0.140. The Kier molecular flexibility index (Phi) is 3.41. The van der Waals surface area contributed by atoms with E-state index in [2.05, 4.69) is 0 Å². The van der Waals surface area contributed by atoms with Crippen molar-refractivity contribution >= 4 is 23.6 Å². The van der Waals surface area contributed by atoms with E-state index < -0.39 is 30.0 Å². The molecule has 1 aliphatic heterocycles. The number of benzene rings is 1. The molecule has 0 saturated carbocycles. The van der Waals surface area contributed by atoms with Crippen LogP contribution in [0.5, 0.6) is 0 Å². The van der Waals surface area contributed by atoms with Crippen LogP contribution in [0.3, 0.4) is 0 Å². The van der Waals surface area contributed by atoms with E-state index in [1.54, 1.807) is 24.3 Å². The van der Waals surface area contributed by atoms with Crippen LogP contribution in [0.15, 0.2) is 24.3 Å². The molecule has 19 heavy (non-hydrogen) atoms. The van der Waals surface area contributed by atoms with Crippen LogP contribution in [0.2, 0.25) is 0 Å². The smallest absolute Gasteiger partial charge is 0.310 e. The first-order chi connectivity index (χ1) is 9.00. The molecule has 98 valence electrons. The van der Waals surface area contributed by atoms with E-state index >= 15 is 0 Å². The van der Waals surface area contributed by atoms with Gasteiger partial charge in [0.15, 0.2) is 0 Å². The lowest BCUT2D eigenvalue weighted by Gasteiger charge is -2.12. The summed E-state index contributed by atoms with van der Waals surface area (Å²) >= 11 is 0. The van der Waals surface area contributed by atoms with Crippen LogP contribution >= 0.6 is 0 Å². The standard InChI is InChI=1S/C13H11NO5/c15-8(7-11(16)17)5-6-14-12(18)9-3-1-2-4-10(9)13(14)19/h1-4H,5-7H2,(H,16,17). The Morgan fingerprint density at radius 3 is 2.05 bits per heavy atom. The molecule has 0 aliphatic carbocycles. The normalized spacial score (nSPS) is 13.6. The number of rotatable bonds is 5. The van der Waals surface area contributed by atoms with Crippen LogP contribution in [-0.2, 0) is 9.59 Å². The second-order valence-electron chi connectivity index (χ2n) is 4.17. The number of carboxylic acid groups (broad SMARTS) is 1. The van der Waals surface area contributed by atoms with Gasteiger partial charge in [-0.15, -0.1) is 0 Å². The topological polar surface area (TPSA) is 91.8 Å². The second kappa shape index (κ2) is 5.01. The van der Waals surface area contributed by atoms with Crippen molar-refractivity contribution in [2.24, 2.45) is 0 Å². The molecular formula is C13H11NO5. The van der Waals surface area contributed by atoms with E-state index in [-0.39, 0.29) is 13.0 Å². The number of Topliss-reactive ketones (excluding diaryl/α,β-unsaturated/α-hetero) is 1. The van der Waals surface area contributed by atoms with Gasteiger partial charge in [0.05, 0.1) is 11.1 Å². The number of imide groups is 1. The van der Waals surface area contributed by atoms with Crippen LogP contribution in [0, 0.1) is 0 Å². The zero-order valence-electron chi connectivity index (χ0n) is 9.96. The van der Waals surface area contributed by atoms with Gasteiger partial charge in [-0.3, -0.25) is 24.1 Å². The molecule has 0 aromatic heterocycles. The summed E-state index contributed by atoms with van der Waals surface area (Å²) in [6, 6.07) is 6.41. The third-order valence-electron chi connectivity index (χ3n) is 2.84. The Morgan fingerprint density at radius 2 is 1.58 bits per heavy atom. The largest absolute Gasteiger partial charge is 0.481 e. The molecule has 0 atom stereocenters. The van der Waals surface area contributed by atoms with Crippen LogP contribution in [0.4, 0.5) is 0 Å².